The minimum atomic E-state index is -0.575. The van der Waals surface area contributed by atoms with E-state index in [0.717, 1.165) is 27.9 Å². The van der Waals surface area contributed by atoms with Crippen LogP contribution < -0.4 is 4.90 Å². The van der Waals surface area contributed by atoms with Gasteiger partial charge in [-0.05, 0) is 49.2 Å². The summed E-state index contributed by atoms with van der Waals surface area (Å²) in [4.78, 5) is 22.1. The first-order valence-electron chi connectivity index (χ1n) is 9.37. The smallest absolute Gasteiger partial charge is 0.294 e. The maximum absolute atomic E-state index is 13.2. The molecule has 144 valence electrons. The number of aromatic amines is 1. The Morgan fingerprint density at radius 1 is 1.10 bits per heavy atom. The third-order valence-corrected chi connectivity index (χ3v) is 5.43. The van der Waals surface area contributed by atoms with Gasteiger partial charge in [0.25, 0.3) is 5.91 Å². The molecule has 0 saturated heterocycles. The summed E-state index contributed by atoms with van der Waals surface area (Å²) in [6.07, 6.45) is 1.61. The van der Waals surface area contributed by atoms with Crippen LogP contribution in [0.2, 0.25) is 0 Å². The summed E-state index contributed by atoms with van der Waals surface area (Å²) in [6.45, 7) is 3.85. The van der Waals surface area contributed by atoms with Gasteiger partial charge in [0.1, 0.15) is 17.6 Å². The molecule has 0 radical (unpaired) electrons. The molecule has 4 aromatic rings. The Bertz CT molecular complexity index is 1250. The molecule has 5 rings (SSSR count). The van der Waals surface area contributed by atoms with E-state index in [4.69, 9.17) is 4.42 Å². The van der Waals surface area contributed by atoms with Crippen LogP contribution in [0.5, 0.6) is 0 Å². The average Bonchev–Trinajstić information content (AvgIpc) is 3.39. The molecule has 6 nitrogen and oxygen atoms in total. The minimum Gasteiger partial charge on any atom is -0.503 e. The number of aliphatic hydroxyl groups is 1. The molecular weight excluding hydrogens is 366 g/mol. The third-order valence-electron chi connectivity index (χ3n) is 5.43. The number of carbonyl (C=O) groups is 1. The number of hydrogen-bond acceptors (Lipinski definition) is 4. The molecule has 1 aliphatic heterocycles. The Hall–Kier alpha value is -3.80. The number of benzene rings is 2. The minimum absolute atomic E-state index is 0.268. The molecule has 0 spiro atoms. The van der Waals surface area contributed by atoms with E-state index in [1.165, 1.54) is 0 Å². The highest BCUT2D eigenvalue weighted by molar-refractivity contribution is 6.16. The molecule has 2 aromatic carbocycles. The number of nitrogens with one attached hydrogen (secondary N) is 1. The largest absolute Gasteiger partial charge is 0.503 e. The zero-order chi connectivity index (χ0) is 20.1. The van der Waals surface area contributed by atoms with Crippen molar-refractivity contribution in [1.29, 1.82) is 0 Å². The van der Waals surface area contributed by atoms with Crippen LogP contribution >= 0.6 is 0 Å². The molecule has 6 heteroatoms. The number of anilines is 1. The zero-order valence-electron chi connectivity index (χ0n) is 16.0. The number of H-pyrrole nitrogens is 1. The van der Waals surface area contributed by atoms with Crippen molar-refractivity contribution >= 4 is 28.2 Å². The van der Waals surface area contributed by atoms with Crippen LogP contribution in [0.15, 0.2) is 71.1 Å². The van der Waals surface area contributed by atoms with E-state index in [0.29, 0.717) is 17.0 Å². The highest BCUT2D eigenvalue weighted by atomic mass is 16.3. The number of aryl methyl sites for hydroxylation is 2. The van der Waals surface area contributed by atoms with Gasteiger partial charge in [0.15, 0.2) is 5.76 Å². The number of amides is 1. The van der Waals surface area contributed by atoms with Gasteiger partial charge < -0.3 is 14.5 Å². The van der Waals surface area contributed by atoms with Crippen molar-refractivity contribution in [2.45, 2.75) is 19.9 Å². The molecule has 1 atom stereocenters. The van der Waals surface area contributed by atoms with Crippen molar-refractivity contribution in [3.63, 3.8) is 0 Å². The van der Waals surface area contributed by atoms with Crippen LogP contribution in [0, 0.1) is 13.8 Å². The lowest BCUT2D eigenvalue weighted by atomic mass is 9.97. The van der Waals surface area contributed by atoms with E-state index in [1.807, 2.05) is 68.4 Å². The van der Waals surface area contributed by atoms with Crippen molar-refractivity contribution in [2.24, 2.45) is 0 Å². The lowest BCUT2D eigenvalue weighted by Gasteiger charge is -2.25. The van der Waals surface area contributed by atoms with Crippen molar-refractivity contribution in [3.05, 3.63) is 89.3 Å². The van der Waals surface area contributed by atoms with Crippen LogP contribution in [0.1, 0.15) is 28.7 Å². The Kier molecular flexibility index (Phi) is 3.81. The number of hydrogen-bond donors (Lipinski definition) is 2. The SMILES string of the molecule is Cc1cc(C2C(c3ccccc3)=C(O)C(=O)N2c2ccc3[nH]cnc3c2)oc1C. The normalized spacial score (nSPS) is 17.0. The maximum atomic E-state index is 13.2. The molecule has 1 amide bonds. The second-order valence-corrected chi connectivity index (χ2v) is 7.20. The predicted molar refractivity (Wildman–Crippen MR) is 110 cm³/mol. The van der Waals surface area contributed by atoms with Crippen LogP contribution in [-0.4, -0.2) is 21.0 Å². The first kappa shape index (κ1) is 17.3. The number of aliphatic hydroxyl groups excluding tert-OH is 1. The fourth-order valence-electron chi connectivity index (χ4n) is 3.86. The van der Waals surface area contributed by atoms with E-state index >= 15 is 0 Å². The molecule has 0 saturated carbocycles. The second kappa shape index (κ2) is 6.38. The number of rotatable bonds is 3. The van der Waals surface area contributed by atoms with Crippen molar-refractivity contribution in [2.75, 3.05) is 4.90 Å². The van der Waals surface area contributed by atoms with Crippen molar-refractivity contribution in [1.82, 2.24) is 9.97 Å². The van der Waals surface area contributed by atoms with Crippen molar-refractivity contribution in [3.8, 4) is 0 Å². The number of aromatic nitrogens is 2. The lowest BCUT2D eigenvalue weighted by molar-refractivity contribution is -0.117. The van der Waals surface area contributed by atoms with Gasteiger partial charge in [0.2, 0.25) is 0 Å². The van der Waals surface area contributed by atoms with E-state index in [2.05, 4.69) is 9.97 Å². The fourth-order valence-corrected chi connectivity index (χ4v) is 3.86. The molecule has 0 bridgehead atoms. The summed E-state index contributed by atoms with van der Waals surface area (Å²) in [7, 11) is 0. The summed E-state index contributed by atoms with van der Waals surface area (Å²) in [5.74, 6) is 0.665. The van der Waals surface area contributed by atoms with E-state index in [1.54, 1.807) is 11.2 Å². The first-order chi connectivity index (χ1) is 14.0. The van der Waals surface area contributed by atoms with Crippen LogP contribution in [0.3, 0.4) is 0 Å². The first-order valence-corrected chi connectivity index (χ1v) is 9.37. The lowest BCUT2D eigenvalue weighted by Crippen LogP contribution is -2.29. The van der Waals surface area contributed by atoms with Crippen molar-refractivity contribution < 1.29 is 14.3 Å². The quantitative estimate of drug-likeness (QED) is 0.529. The number of carbonyl (C=O) groups excluding carboxylic acids is 1. The van der Waals surface area contributed by atoms with E-state index < -0.39 is 11.9 Å². The highest BCUT2D eigenvalue weighted by Crippen LogP contribution is 2.46. The Labute approximate surface area is 167 Å². The summed E-state index contributed by atoms with van der Waals surface area (Å²) in [5.41, 5.74) is 4.57. The zero-order valence-corrected chi connectivity index (χ0v) is 16.0. The molecule has 1 unspecified atom stereocenters. The van der Waals surface area contributed by atoms with E-state index in [-0.39, 0.29) is 5.76 Å². The van der Waals surface area contributed by atoms with Crippen LogP contribution in [0.25, 0.3) is 16.6 Å². The molecule has 2 aromatic heterocycles. The van der Waals surface area contributed by atoms with Gasteiger partial charge in [-0.25, -0.2) is 4.98 Å². The summed E-state index contributed by atoms with van der Waals surface area (Å²) < 4.78 is 6.01. The summed E-state index contributed by atoms with van der Waals surface area (Å²) in [6, 6.07) is 16.3. The average molecular weight is 385 g/mol. The van der Waals surface area contributed by atoms with E-state index in [9.17, 15) is 9.90 Å². The van der Waals surface area contributed by atoms with Gasteiger partial charge in [-0.2, -0.15) is 0 Å². The Morgan fingerprint density at radius 3 is 2.62 bits per heavy atom. The molecule has 29 heavy (non-hydrogen) atoms. The third kappa shape index (κ3) is 2.64. The number of imidazole rings is 1. The molecule has 0 fully saturated rings. The van der Waals surface area contributed by atoms with Gasteiger partial charge in [-0.15, -0.1) is 0 Å². The van der Waals surface area contributed by atoms with Crippen LogP contribution in [0.4, 0.5) is 5.69 Å². The Morgan fingerprint density at radius 2 is 1.90 bits per heavy atom. The number of fused-ring (bicyclic) bond motifs is 1. The number of furan rings is 1. The van der Waals surface area contributed by atoms with Gasteiger partial charge in [-0.1, -0.05) is 30.3 Å². The summed E-state index contributed by atoms with van der Waals surface area (Å²) in [5, 5.41) is 10.8. The molecule has 0 aliphatic carbocycles. The monoisotopic (exact) mass is 385 g/mol. The van der Waals surface area contributed by atoms with Crippen LogP contribution in [-0.2, 0) is 4.79 Å². The van der Waals surface area contributed by atoms with Gasteiger partial charge in [-0.3, -0.25) is 9.69 Å². The van der Waals surface area contributed by atoms with Gasteiger partial charge in [0.05, 0.1) is 17.4 Å². The predicted octanol–water partition coefficient (Wildman–Crippen LogP) is 4.83. The topological polar surface area (TPSA) is 82.4 Å². The van der Waals surface area contributed by atoms with Gasteiger partial charge >= 0.3 is 0 Å². The van der Waals surface area contributed by atoms with Gasteiger partial charge in [0, 0.05) is 11.3 Å². The maximum Gasteiger partial charge on any atom is 0.294 e. The summed E-state index contributed by atoms with van der Waals surface area (Å²) >= 11 is 0. The molecule has 3 heterocycles. The second-order valence-electron chi connectivity index (χ2n) is 7.20. The number of nitrogens with zero attached hydrogens (tertiary/aromatic N) is 2. The molecule has 2 N–H and O–H groups in total. The molecule has 1 aliphatic rings. The fraction of sp³-hybridized carbons (Fsp3) is 0.130. The Balaban J connectivity index is 1.72. The molecular formula is C23H19N3O3. The highest BCUT2D eigenvalue weighted by Gasteiger charge is 2.43. The standard InChI is InChI=1S/C23H19N3O3/c1-13-10-19(29-14(13)2)21-20(15-6-4-3-5-7-15)22(27)23(28)26(21)16-8-9-17-18(11-16)25-12-24-17/h3-12,21,27H,1-2H3,(H,24,25).